The number of carbonyl (C=O) groups excluding carboxylic acids is 1. The van der Waals surface area contributed by atoms with Crippen molar-refractivity contribution in [3.05, 3.63) is 71.3 Å². The van der Waals surface area contributed by atoms with Crippen LogP contribution in [0.4, 0.5) is 5.13 Å². The summed E-state index contributed by atoms with van der Waals surface area (Å²) in [5.41, 5.74) is 2.65. The highest BCUT2D eigenvalue weighted by Gasteiger charge is 2.24. The monoisotopic (exact) mass is 610 g/mol. The number of sulfonamides is 1. The fraction of sp³-hybridized carbons (Fsp3) is 0.300. The minimum atomic E-state index is -3.68. The van der Waals surface area contributed by atoms with Crippen molar-refractivity contribution in [3.8, 4) is 17.2 Å². The summed E-state index contributed by atoms with van der Waals surface area (Å²) in [5, 5.41) is 6.10. The number of methoxy groups -OCH3 is 3. The number of carbonyl (C=O) groups is 1. The number of aromatic nitrogens is 1. The first-order chi connectivity index (χ1) is 20.1. The SMILES string of the molecule is CCCCN(C)S(=O)(=O)c1ccc(C(=O)N(/N=C/c2cc(OC)c(OC)c(OC)c2)c2nc3ccc(C)cc3s2)cc1. The second kappa shape index (κ2) is 13.3. The molecule has 0 atom stereocenters. The Kier molecular flexibility index (Phi) is 9.81. The lowest BCUT2D eigenvalue weighted by Gasteiger charge is -2.17. The maximum atomic E-state index is 13.8. The molecule has 0 fully saturated rings. The molecule has 0 N–H and O–H groups in total. The zero-order valence-corrected chi connectivity index (χ0v) is 26.1. The first kappa shape index (κ1) is 30.9. The number of hydrogen-bond acceptors (Lipinski definition) is 9. The van der Waals surface area contributed by atoms with Crippen molar-refractivity contribution in [1.29, 1.82) is 0 Å². The summed E-state index contributed by atoms with van der Waals surface area (Å²) in [6.45, 7) is 4.41. The fourth-order valence-electron chi connectivity index (χ4n) is 4.17. The number of anilines is 1. The van der Waals surface area contributed by atoms with Crippen molar-refractivity contribution in [2.45, 2.75) is 31.6 Å². The normalized spacial score (nSPS) is 11.8. The summed E-state index contributed by atoms with van der Waals surface area (Å²) in [6.07, 6.45) is 3.14. The average Bonchev–Trinajstić information content (AvgIpc) is 3.41. The van der Waals surface area contributed by atoms with Crippen LogP contribution in [0.5, 0.6) is 17.2 Å². The Balaban J connectivity index is 1.73. The third kappa shape index (κ3) is 6.56. The van der Waals surface area contributed by atoms with Crippen LogP contribution in [-0.2, 0) is 10.0 Å². The number of rotatable bonds is 12. The zero-order chi connectivity index (χ0) is 30.4. The van der Waals surface area contributed by atoms with E-state index in [0.29, 0.717) is 34.5 Å². The summed E-state index contributed by atoms with van der Waals surface area (Å²) >= 11 is 1.33. The van der Waals surface area contributed by atoms with E-state index in [-0.39, 0.29) is 10.5 Å². The molecule has 0 bridgehead atoms. The molecule has 0 saturated carbocycles. The first-order valence-electron chi connectivity index (χ1n) is 13.2. The highest BCUT2D eigenvalue weighted by molar-refractivity contribution is 7.89. The third-order valence-electron chi connectivity index (χ3n) is 6.55. The summed E-state index contributed by atoms with van der Waals surface area (Å²) in [5.74, 6) is 0.833. The van der Waals surface area contributed by atoms with Crippen LogP contribution in [-0.4, -0.2) is 64.8 Å². The van der Waals surface area contributed by atoms with Gasteiger partial charge in [0.1, 0.15) is 0 Å². The van der Waals surface area contributed by atoms with Gasteiger partial charge in [-0.2, -0.15) is 10.1 Å². The Bertz CT molecular complexity index is 1680. The molecule has 4 rings (SSSR count). The molecule has 12 heteroatoms. The maximum Gasteiger partial charge on any atom is 0.280 e. The fourth-order valence-corrected chi connectivity index (χ4v) is 6.40. The van der Waals surface area contributed by atoms with Crippen molar-refractivity contribution in [2.75, 3.05) is 39.9 Å². The lowest BCUT2D eigenvalue weighted by molar-refractivity contribution is 0.0987. The van der Waals surface area contributed by atoms with Crippen LogP contribution in [0, 0.1) is 6.92 Å². The molecule has 1 aromatic heterocycles. The summed E-state index contributed by atoms with van der Waals surface area (Å²) in [4.78, 5) is 18.6. The van der Waals surface area contributed by atoms with Gasteiger partial charge in [0.2, 0.25) is 20.9 Å². The topological polar surface area (TPSA) is 111 Å². The number of fused-ring (bicyclic) bond motifs is 1. The molecule has 0 spiro atoms. The van der Waals surface area contributed by atoms with Gasteiger partial charge in [-0.25, -0.2) is 17.7 Å². The number of amides is 1. The molecule has 0 radical (unpaired) electrons. The zero-order valence-electron chi connectivity index (χ0n) is 24.4. The molecule has 1 amide bonds. The van der Waals surface area contributed by atoms with Gasteiger partial charge in [0, 0.05) is 24.7 Å². The number of ether oxygens (including phenoxy) is 3. The minimum Gasteiger partial charge on any atom is -0.493 e. The summed E-state index contributed by atoms with van der Waals surface area (Å²) in [7, 11) is 2.43. The van der Waals surface area contributed by atoms with Crippen LogP contribution >= 0.6 is 11.3 Å². The van der Waals surface area contributed by atoms with E-state index in [9.17, 15) is 13.2 Å². The van der Waals surface area contributed by atoms with Gasteiger partial charge in [0.25, 0.3) is 5.91 Å². The average molecular weight is 611 g/mol. The van der Waals surface area contributed by atoms with E-state index < -0.39 is 15.9 Å². The highest BCUT2D eigenvalue weighted by atomic mass is 32.2. The lowest BCUT2D eigenvalue weighted by Crippen LogP contribution is -2.28. The Morgan fingerprint density at radius 2 is 1.67 bits per heavy atom. The molecule has 1 heterocycles. The predicted octanol–water partition coefficient (Wildman–Crippen LogP) is 5.73. The van der Waals surface area contributed by atoms with Crippen LogP contribution in [0.1, 0.15) is 41.3 Å². The standard InChI is InChI=1S/C30H34N4O6S2/c1-7-8-15-33(3)42(36,37)23-12-10-22(11-13-23)29(35)34(30-32-24-14-9-20(2)16-27(24)41-30)31-19-21-17-25(38-4)28(40-6)26(18-21)39-5/h9-14,16-19H,7-8,15H2,1-6H3/b31-19+. The van der Waals surface area contributed by atoms with E-state index in [0.717, 1.165) is 28.6 Å². The smallest absolute Gasteiger partial charge is 0.280 e. The van der Waals surface area contributed by atoms with Gasteiger partial charge < -0.3 is 14.2 Å². The Labute approximate surface area is 250 Å². The molecular formula is C30H34N4O6S2. The number of hydrogen-bond donors (Lipinski definition) is 0. The first-order valence-corrected chi connectivity index (χ1v) is 15.5. The molecule has 3 aromatic carbocycles. The van der Waals surface area contributed by atoms with Crippen LogP contribution in [0.3, 0.4) is 0 Å². The van der Waals surface area contributed by atoms with Crippen LogP contribution in [0.15, 0.2) is 64.6 Å². The number of thiazole rings is 1. The lowest BCUT2D eigenvalue weighted by atomic mass is 10.2. The third-order valence-corrected chi connectivity index (χ3v) is 9.42. The van der Waals surface area contributed by atoms with Gasteiger partial charge in [-0.1, -0.05) is 30.7 Å². The number of nitrogens with zero attached hydrogens (tertiary/aromatic N) is 4. The van der Waals surface area contributed by atoms with Gasteiger partial charge in [-0.15, -0.1) is 0 Å². The molecule has 10 nitrogen and oxygen atoms in total. The van der Waals surface area contributed by atoms with Crippen molar-refractivity contribution >= 4 is 48.8 Å². The van der Waals surface area contributed by atoms with Crippen molar-refractivity contribution in [3.63, 3.8) is 0 Å². The summed E-state index contributed by atoms with van der Waals surface area (Å²) in [6, 6.07) is 15.1. The second-order valence-corrected chi connectivity index (χ2v) is 12.5. The van der Waals surface area contributed by atoms with E-state index >= 15 is 0 Å². The van der Waals surface area contributed by atoms with E-state index in [1.54, 1.807) is 19.2 Å². The van der Waals surface area contributed by atoms with Gasteiger partial charge in [0.05, 0.1) is 42.7 Å². The number of benzene rings is 3. The molecule has 4 aromatic rings. The van der Waals surface area contributed by atoms with E-state index in [1.807, 2.05) is 32.0 Å². The minimum absolute atomic E-state index is 0.112. The van der Waals surface area contributed by atoms with E-state index in [4.69, 9.17) is 14.2 Å². The molecule has 222 valence electrons. The van der Waals surface area contributed by atoms with Crippen molar-refractivity contribution in [2.24, 2.45) is 5.10 Å². The number of unbranched alkanes of at least 4 members (excludes halogenated alkanes) is 1. The Morgan fingerprint density at radius 3 is 2.26 bits per heavy atom. The van der Waals surface area contributed by atoms with E-state index in [1.165, 1.54) is 72.5 Å². The largest absolute Gasteiger partial charge is 0.493 e. The second-order valence-electron chi connectivity index (χ2n) is 9.49. The Morgan fingerprint density at radius 1 is 1.00 bits per heavy atom. The molecule has 0 unspecified atom stereocenters. The molecule has 42 heavy (non-hydrogen) atoms. The van der Waals surface area contributed by atoms with Gasteiger partial charge in [-0.05, 0) is 67.4 Å². The molecule has 0 aliphatic rings. The maximum absolute atomic E-state index is 13.8. The van der Waals surface area contributed by atoms with Crippen molar-refractivity contribution in [1.82, 2.24) is 9.29 Å². The quantitative estimate of drug-likeness (QED) is 0.149. The Hall–Kier alpha value is -4.00. The number of hydrazone groups is 1. The van der Waals surface area contributed by atoms with Gasteiger partial charge in [0.15, 0.2) is 11.5 Å². The van der Waals surface area contributed by atoms with Crippen molar-refractivity contribution < 1.29 is 27.4 Å². The molecular weight excluding hydrogens is 576 g/mol. The van der Waals surface area contributed by atoms with Gasteiger partial charge >= 0.3 is 0 Å². The predicted molar refractivity (Wildman–Crippen MR) is 166 cm³/mol. The van der Waals surface area contributed by atoms with Crippen LogP contribution in [0.2, 0.25) is 0 Å². The molecule has 0 saturated heterocycles. The number of aryl methyl sites for hydroxylation is 1. The van der Waals surface area contributed by atoms with Crippen LogP contribution < -0.4 is 19.2 Å². The summed E-state index contributed by atoms with van der Waals surface area (Å²) < 4.78 is 44.5. The van der Waals surface area contributed by atoms with Crippen LogP contribution in [0.25, 0.3) is 10.2 Å². The van der Waals surface area contributed by atoms with Gasteiger partial charge in [-0.3, -0.25) is 4.79 Å². The van der Waals surface area contributed by atoms with E-state index in [2.05, 4.69) is 10.1 Å². The molecule has 0 aliphatic carbocycles. The molecule has 0 aliphatic heterocycles. The highest BCUT2D eigenvalue weighted by Crippen LogP contribution is 2.38.